The van der Waals surface area contributed by atoms with Gasteiger partial charge in [-0.1, -0.05) is 36.4 Å². The van der Waals surface area contributed by atoms with Gasteiger partial charge in [0.05, 0.1) is 12.2 Å². The Labute approximate surface area is 127 Å². The lowest BCUT2D eigenvalue weighted by atomic mass is 10.3. The third-order valence-electron chi connectivity index (χ3n) is 2.74. The Hall–Kier alpha value is -1.59. The minimum atomic E-state index is -3.63. The van der Waals surface area contributed by atoms with Gasteiger partial charge in [-0.25, -0.2) is 8.42 Å². The zero-order chi connectivity index (χ0) is 14.6. The number of para-hydroxylation sites is 1. The van der Waals surface area contributed by atoms with Crippen LogP contribution in [0.4, 0.5) is 5.69 Å². The summed E-state index contributed by atoms with van der Waals surface area (Å²) in [5, 5.41) is 0. The Morgan fingerprint density at radius 2 is 1.65 bits per heavy atom. The van der Waals surface area contributed by atoms with Crippen molar-refractivity contribution in [1.29, 1.82) is 0 Å². The number of hydrogen-bond acceptors (Lipinski definition) is 2. The van der Waals surface area contributed by atoms with Crippen LogP contribution in [0, 0.1) is 0 Å². The smallest absolute Gasteiger partial charge is 0.263 e. The first-order chi connectivity index (χ1) is 9.57. The molecule has 0 N–H and O–H groups in total. The van der Waals surface area contributed by atoms with Crippen molar-refractivity contribution < 1.29 is 8.42 Å². The maximum Gasteiger partial charge on any atom is 0.265 e. The van der Waals surface area contributed by atoms with E-state index in [1.54, 1.807) is 54.6 Å². The molecule has 0 spiro atoms. The van der Waals surface area contributed by atoms with E-state index in [1.165, 1.54) is 4.31 Å². The van der Waals surface area contributed by atoms with E-state index in [4.69, 9.17) is 0 Å². The van der Waals surface area contributed by atoms with Crippen LogP contribution >= 0.6 is 15.9 Å². The molecule has 0 aliphatic carbocycles. The number of anilines is 1. The first-order valence-corrected chi connectivity index (χ1v) is 8.24. The normalized spacial score (nSPS) is 11.1. The summed E-state index contributed by atoms with van der Waals surface area (Å²) in [5.41, 5.74) is 0.614. The fraction of sp³-hybridized carbons (Fsp3) is 0.0667. The molecule has 0 aromatic heterocycles. The van der Waals surface area contributed by atoms with Gasteiger partial charge in [-0.2, -0.15) is 0 Å². The molecule has 0 bridgehead atoms. The molecule has 2 aromatic rings. The van der Waals surface area contributed by atoms with Crippen LogP contribution < -0.4 is 4.31 Å². The lowest BCUT2D eigenvalue weighted by Crippen LogP contribution is -2.31. The lowest BCUT2D eigenvalue weighted by Gasteiger charge is -2.23. The van der Waals surface area contributed by atoms with E-state index in [0.29, 0.717) is 10.2 Å². The summed E-state index contributed by atoms with van der Waals surface area (Å²) >= 11 is 3.29. The second-order valence-corrected chi connectivity index (χ2v) is 6.78. The summed E-state index contributed by atoms with van der Waals surface area (Å²) in [6, 6.07) is 15.8. The minimum absolute atomic E-state index is 0.216. The Balaban J connectivity index is 2.54. The van der Waals surface area contributed by atoms with Gasteiger partial charge in [-0.05, 0) is 40.2 Å². The molecule has 0 aliphatic rings. The molecule has 0 unspecified atom stereocenters. The zero-order valence-corrected chi connectivity index (χ0v) is 13.1. The van der Waals surface area contributed by atoms with Crippen LogP contribution in [0.25, 0.3) is 0 Å². The SMILES string of the molecule is C=CCN(c1ccccc1)S(=O)(=O)c1ccccc1Br. The van der Waals surface area contributed by atoms with Crippen LogP contribution in [0.2, 0.25) is 0 Å². The average Bonchev–Trinajstić information content (AvgIpc) is 2.45. The number of sulfonamides is 1. The van der Waals surface area contributed by atoms with Crippen molar-refractivity contribution in [2.24, 2.45) is 0 Å². The summed E-state index contributed by atoms with van der Waals surface area (Å²) in [6.45, 7) is 3.85. The number of hydrogen-bond donors (Lipinski definition) is 0. The topological polar surface area (TPSA) is 37.4 Å². The van der Waals surface area contributed by atoms with E-state index in [0.717, 1.165) is 0 Å². The molecular weight excluding hydrogens is 338 g/mol. The van der Waals surface area contributed by atoms with Crippen molar-refractivity contribution in [3.8, 4) is 0 Å². The molecule has 2 rings (SSSR count). The van der Waals surface area contributed by atoms with E-state index < -0.39 is 10.0 Å². The highest BCUT2D eigenvalue weighted by molar-refractivity contribution is 9.10. The summed E-state index contributed by atoms with van der Waals surface area (Å²) in [4.78, 5) is 0.241. The van der Waals surface area contributed by atoms with Crippen LogP contribution in [0.3, 0.4) is 0 Å². The largest absolute Gasteiger partial charge is 0.265 e. The molecule has 0 atom stereocenters. The summed E-state index contributed by atoms with van der Waals surface area (Å²) in [5.74, 6) is 0. The van der Waals surface area contributed by atoms with E-state index in [2.05, 4.69) is 22.5 Å². The highest BCUT2D eigenvalue weighted by atomic mass is 79.9. The van der Waals surface area contributed by atoms with Gasteiger partial charge in [-0.3, -0.25) is 4.31 Å². The summed E-state index contributed by atoms with van der Waals surface area (Å²) < 4.78 is 27.5. The van der Waals surface area contributed by atoms with Gasteiger partial charge in [0.15, 0.2) is 0 Å². The molecule has 0 saturated heterocycles. The lowest BCUT2D eigenvalue weighted by molar-refractivity contribution is 0.592. The number of nitrogens with zero attached hydrogens (tertiary/aromatic N) is 1. The first-order valence-electron chi connectivity index (χ1n) is 6.00. The second-order valence-electron chi connectivity index (χ2n) is 4.09. The van der Waals surface area contributed by atoms with Crippen molar-refractivity contribution in [2.75, 3.05) is 10.8 Å². The molecule has 0 heterocycles. The minimum Gasteiger partial charge on any atom is -0.263 e. The van der Waals surface area contributed by atoms with Gasteiger partial charge in [-0.15, -0.1) is 6.58 Å². The summed E-state index contributed by atoms with van der Waals surface area (Å²) in [7, 11) is -3.63. The van der Waals surface area contributed by atoms with Crippen LogP contribution in [0.15, 0.2) is 76.6 Å². The van der Waals surface area contributed by atoms with Crippen molar-refractivity contribution >= 4 is 31.6 Å². The molecule has 0 saturated carbocycles. The Morgan fingerprint density at radius 3 is 2.25 bits per heavy atom. The highest BCUT2D eigenvalue weighted by Crippen LogP contribution is 2.28. The number of benzene rings is 2. The maximum absolute atomic E-state index is 12.8. The fourth-order valence-electron chi connectivity index (χ4n) is 1.83. The molecule has 0 aliphatic heterocycles. The van der Waals surface area contributed by atoms with Crippen LogP contribution in [-0.2, 0) is 10.0 Å². The van der Waals surface area contributed by atoms with Crippen LogP contribution in [0.5, 0.6) is 0 Å². The maximum atomic E-state index is 12.8. The van der Waals surface area contributed by atoms with Gasteiger partial charge in [0.2, 0.25) is 0 Å². The number of rotatable bonds is 5. The molecule has 20 heavy (non-hydrogen) atoms. The van der Waals surface area contributed by atoms with Gasteiger partial charge in [0.1, 0.15) is 4.90 Å². The van der Waals surface area contributed by atoms with Crippen LogP contribution in [-0.4, -0.2) is 15.0 Å². The molecule has 3 nitrogen and oxygen atoms in total. The second kappa shape index (κ2) is 6.24. The van der Waals surface area contributed by atoms with Crippen molar-refractivity contribution in [3.05, 3.63) is 71.7 Å². The van der Waals surface area contributed by atoms with Gasteiger partial charge in [0.25, 0.3) is 10.0 Å². The van der Waals surface area contributed by atoms with E-state index in [1.807, 2.05) is 6.07 Å². The van der Waals surface area contributed by atoms with Gasteiger partial charge in [0, 0.05) is 4.47 Å². The predicted molar refractivity (Wildman–Crippen MR) is 85.3 cm³/mol. The number of halogens is 1. The Kier molecular flexibility index (Phi) is 4.62. The third-order valence-corrected chi connectivity index (χ3v) is 5.55. The zero-order valence-electron chi connectivity index (χ0n) is 10.7. The van der Waals surface area contributed by atoms with Crippen LogP contribution in [0.1, 0.15) is 0 Å². The standard InChI is InChI=1S/C15H14BrNO2S/c1-2-12-17(13-8-4-3-5-9-13)20(18,19)15-11-7-6-10-14(15)16/h2-11H,1,12H2. The molecule has 5 heteroatoms. The summed E-state index contributed by atoms with van der Waals surface area (Å²) in [6.07, 6.45) is 1.57. The Morgan fingerprint density at radius 1 is 1.05 bits per heavy atom. The third kappa shape index (κ3) is 2.94. The monoisotopic (exact) mass is 351 g/mol. The molecule has 104 valence electrons. The molecule has 0 amide bonds. The molecule has 0 radical (unpaired) electrons. The van der Waals surface area contributed by atoms with Gasteiger partial charge >= 0.3 is 0 Å². The van der Waals surface area contributed by atoms with Crippen molar-refractivity contribution in [3.63, 3.8) is 0 Å². The van der Waals surface area contributed by atoms with Gasteiger partial charge < -0.3 is 0 Å². The predicted octanol–water partition coefficient (Wildman–Crippen LogP) is 3.83. The van der Waals surface area contributed by atoms with E-state index in [-0.39, 0.29) is 11.4 Å². The molecule has 2 aromatic carbocycles. The molecular formula is C15H14BrNO2S. The fourth-order valence-corrected chi connectivity index (χ4v) is 4.23. The quantitative estimate of drug-likeness (QED) is 0.767. The van der Waals surface area contributed by atoms with E-state index in [9.17, 15) is 8.42 Å². The van der Waals surface area contributed by atoms with Crippen molar-refractivity contribution in [1.82, 2.24) is 0 Å². The van der Waals surface area contributed by atoms with E-state index >= 15 is 0 Å². The first kappa shape index (κ1) is 14.8. The highest BCUT2D eigenvalue weighted by Gasteiger charge is 2.25. The average molecular weight is 352 g/mol. The molecule has 0 fully saturated rings. The Bertz CT molecular complexity index is 699. The van der Waals surface area contributed by atoms with Crippen molar-refractivity contribution in [2.45, 2.75) is 4.90 Å².